The number of fused-ring (bicyclic) bond motifs is 1. The van der Waals surface area contributed by atoms with Gasteiger partial charge in [-0.1, -0.05) is 18.2 Å². The SMILES string of the molecule is FC(F)(F)c1ccc(-c2ncc3c(n2)CN(Cc2cccs2)CC3)cc1. The zero-order valence-corrected chi connectivity index (χ0v) is 14.6. The number of thiophene rings is 1. The van der Waals surface area contributed by atoms with Crippen LogP contribution in [-0.4, -0.2) is 21.4 Å². The number of halogens is 3. The lowest BCUT2D eigenvalue weighted by Crippen LogP contribution is -2.30. The summed E-state index contributed by atoms with van der Waals surface area (Å²) in [6.07, 6.45) is -1.65. The Morgan fingerprint density at radius 3 is 2.62 bits per heavy atom. The minimum absolute atomic E-state index is 0.468. The molecule has 3 nitrogen and oxygen atoms in total. The summed E-state index contributed by atoms with van der Waals surface area (Å²) >= 11 is 1.73. The van der Waals surface area contributed by atoms with Gasteiger partial charge in [0.1, 0.15) is 0 Å². The van der Waals surface area contributed by atoms with Crippen molar-refractivity contribution in [1.29, 1.82) is 0 Å². The number of alkyl halides is 3. The van der Waals surface area contributed by atoms with Gasteiger partial charge in [-0.3, -0.25) is 4.90 Å². The molecule has 0 amide bonds. The van der Waals surface area contributed by atoms with Crippen LogP contribution in [0.2, 0.25) is 0 Å². The minimum atomic E-state index is -4.34. The van der Waals surface area contributed by atoms with Crippen LogP contribution in [0.3, 0.4) is 0 Å². The first-order valence-electron chi connectivity index (χ1n) is 8.26. The van der Waals surface area contributed by atoms with E-state index in [1.807, 2.05) is 6.07 Å². The van der Waals surface area contributed by atoms with Crippen molar-refractivity contribution in [3.8, 4) is 11.4 Å². The lowest BCUT2D eigenvalue weighted by atomic mass is 10.1. The number of nitrogens with zero attached hydrogens (tertiary/aromatic N) is 3. The van der Waals surface area contributed by atoms with E-state index in [0.717, 1.165) is 49.4 Å². The van der Waals surface area contributed by atoms with Gasteiger partial charge in [0.05, 0.1) is 11.3 Å². The van der Waals surface area contributed by atoms with E-state index in [1.54, 1.807) is 17.5 Å². The van der Waals surface area contributed by atoms with Gasteiger partial charge in [0, 0.05) is 36.3 Å². The molecule has 0 unspecified atom stereocenters. The second-order valence-corrected chi connectivity index (χ2v) is 7.31. The van der Waals surface area contributed by atoms with Gasteiger partial charge < -0.3 is 0 Å². The Hall–Kier alpha value is -2.25. The summed E-state index contributed by atoms with van der Waals surface area (Å²) in [6.45, 7) is 2.56. The molecule has 0 fully saturated rings. The Morgan fingerprint density at radius 1 is 1.12 bits per heavy atom. The molecule has 2 aromatic heterocycles. The van der Waals surface area contributed by atoms with Crippen LogP contribution in [0.5, 0.6) is 0 Å². The highest BCUT2D eigenvalue weighted by molar-refractivity contribution is 7.09. The average molecular weight is 375 g/mol. The van der Waals surface area contributed by atoms with E-state index in [-0.39, 0.29) is 0 Å². The summed E-state index contributed by atoms with van der Waals surface area (Å²) in [6, 6.07) is 9.16. The van der Waals surface area contributed by atoms with Crippen LogP contribution < -0.4 is 0 Å². The largest absolute Gasteiger partial charge is 0.416 e. The monoisotopic (exact) mass is 375 g/mol. The smallest absolute Gasteiger partial charge is 0.292 e. The Morgan fingerprint density at radius 2 is 1.92 bits per heavy atom. The quantitative estimate of drug-likeness (QED) is 0.660. The van der Waals surface area contributed by atoms with E-state index in [9.17, 15) is 13.2 Å². The van der Waals surface area contributed by atoms with Crippen molar-refractivity contribution in [2.45, 2.75) is 25.7 Å². The predicted octanol–water partition coefficient (Wildman–Crippen LogP) is 4.78. The second-order valence-electron chi connectivity index (χ2n) is 6.28. The molecule has 0 saturated heterocycles. The summed E-state index contributed by atoms with van der Waals surface area (Å²) in [5.41, 5.74) is 2.00. The molecule has 0 saturated carbocycles. The van der Waals surface area contributed by atoms with Crippen LogP contribution >= 0.6 is 11.3 Å². The third-order valence-corrected chi connectivity index (χ3v) is 5.32. The number of hydrogen-bond donors (Lipinski definition) is 0. The van der Waals surface area contributed by atoms with Crippen molar-refractivity contribution in [2.75, 3.05) is 6.54 Å². The molecule has 1 aliphatic heterocycles. The first-order chi connectivity index (χ1) is 12.5. The molecule has 0 N–H and O–H groups in total. The van der Waals surface area contributed by atoms with Crippen LogP contribution in [0, 0.1) is 0 Å². The van der Waals surface area contributed by atoms with Gasteiger partial charge in [-0.15, -0.1) is 11.3 Å². The molecule has 1 aromatic carbocycles. The molecule has 3 aromatic rings. The molecule has 0 bridgehead atoms. The number of benzene rings is 1. The molecule has 0 atom stereocenters. The average Bonchev–Trinajstić information content (AvgIpc) is 3.13. The Bertz CT molecular complexity index is 889. The van der Waals surface area contributed by atoms with E-state index >= 15 is 0 Å². The van der Waals surface area contributed by atoms with Crippen LogP contribution in [0.1, 0.15) is 21.7 Å². The highest BCUT2D eigenvalue weighted by atomic mass is 32.1. The fourth-order valence-electron chi connectivity index (χ4n) is 3.06. The number of rotatable bonds is 3. The topological polar surface area (TPSA) is 29.0 Å². The molecule has 3 heterocycles. The molecule has 134 valence electrons. The van der Waals surface area contributed by atoms with Gasteiger partial charge in [-0.25, -0.2) is 9.97 Å². The highest BCUT2D eigenvalue weighted by Crippen LogP contribution is 2.30. The van der Waals surface area contributed by atoms with E-state index in [4.69, 9.17) is 0 Å². The maximum absolute atomic E-state index is 12.7. The van der Waals surface area contributed by atoms with Gasteiger partial charge in [0.2, 0.25) is 0 Å². The molecular weight excluding hydrogens is 359 g/mol. The third kappa shape index (κ3) is 3.64. The zero-order chi connectivity index (χ0) is 18.1. The molecule has 0 radical (unpaired) electrons. The normalized spacial score (nSPS) is 15.0. The predicted molar refractivity (Wildman–Crippen MR) is 94.6 cm³/mol. The van der Waals surface area contributed by atoms with E-state index in [2.05, 4.69) is 26.3 Å². The van der Waals surface area contributed by atoms with Crippen molar-refractivity contribution >= 4 is 11.3 Å². The van der Waals surface area contributed by atoms with E-state index in [0.29, 0.717) is 11.4 Å². The first kappa shape index (κ1) is 17.2. The maximum atomic E-state index is 12.7. The molecule has 0 spiro atoms. The molecule has 7 heteroatoms. The summed E-state index contributed by atoms with van der Waals surface area (Å²) < 4.78 is 38.1. The summed E-state index contributed by atoms with van der Waals surface area (Å²) in [4.78, 5) is 12.6. The Labute approximate surface area is 153 Å². The fraction of sp³-hybridized carbons (Fsp3) is 0.263. The third-order valence-electron chi connectivity index (χ3n) is 4.45. The van der Waals surface area contributed by atoms with E-state index < -0.39 is 11.7 Å². The van der Waals surface area contributed by atoms with Crippen molar-refractivity contribution in [1.82, 2.24) is 14.9 Å². The fourth-order valence-corrected chi connectivity index (χ4v) is 3.81. The van der Waals surface area contributed by atoms with Gasteiger partial charge >= 0.3 is 6.18 Å². The van der Waals surface area contributed by atoms with Gasteiger partial charge in [0.25, 0.3) is 0 Å². The number of hydrogen-bond acceptors (Lipinski definition) is 4. The van der Waals surface area contributed by atoms with Crippen LogP contribution in [-0.2, 0) is 25.7 Å². The van der Waals surface area contributed by atoms with Crippen LogP contribution in [0.4, 0.5) is 13.2 Å². The molecule has 26 heavy (non-hydrogen) atoms. The molecule has 1 aliphatic rings. The number of aromatic nitrogens is 2. The van der Waals surface area contributed by atoms with Crippen LogP contribution in [0.25, 0.3) is 11.4 Å². The summed E-state index contributed by atoms with van der Waals surface area (Å²) in [7, 11) is 0. The lowest BCUT2D eigenvalue weighted by Gasteiger charge is -2.27. The van der Waals surface area contributed by atoms with Crippen molar-refractivity contribution in [3.05, 3.63) is 69.7 Å². The molecule has 4 rings (SSSR count). The summed E-state index contributed by atoms with van der Waals surface area (Å²) in [5, 5.41) is 2.07. The first-order valence-corrected chi connectivity index (χ1v) is 9.14. The van der Waals surface area contributed by atoms with Gasteiger partial charge in [0.15, 0.2) is 5.82 Å². The molecule has 0 aliphatic carbocycles. The minimum Gasteiger partial charge on any atom is -0.292 e. The van der Waals surface area contributed by atoms with Gasteiger partial charge in [-0.2, -0.15) is 13.2 Å². The Balaban J connectivity index is 1.55. The standard InChI is InChI=1S/C19H16F3N3S/c20-19(21,22)15-5-3-13(4-6-15)18-23-10-14-7-8-25(12-17(14)24-18)11-16-2-1-9-26-16/h1-6,9-10H,7-8,11-12H2. The van der Waals surface area contributed by atoms with E-state index in [1.165, 1.54) is 17.0 Å². The van der Waals surface area contributed by atoms with Crippen molar-refractivity contribution in [2.24, 2.45) is 0 Å². The zero-order valence-electron chi connectivity index (χ0n) is 13.8. The summed E-state index contributed by atoms with van der Waals surface area (Å²) in [5.74, 6) is 0.468. The van der Waals surface area contributed by atoms with Crippen LogP contribution in [0.15, 0.2) is 48.0 Å². The van der Waals surface area contributed by atoms with Crippen molar-refractivity contribution in [3.63, 3.8) is 0 Å². The lowest BCUT2D eigenvalue weighted by molar-refractivity contribution is -0.137. The second kappa shape index (κ2) is 6.81. The van der Waals surface area contributed by atoms with Gasteiger partial charge in [-0.05, 0) is 35.6 Å². The highest BCUT2D eigenvalue weighted by Gasteiger charge is 2.30. The van der Waals surface area contributed by atoms with Crippen molar-refractivity contribution < 1.29 is 13.2 Å². The molecular formula is C19H16F3N3S. The Kier molecular flexibility index (Phi) is 4.50. The maximum Gasteiger partial charge on any atom is 0.416 e.